The number of nitrogens with two attached hydrogens (primary N) is 1. The number of hydrogen-bond acceptors (Lipinski definition) is 3. The molecule has 0 spiro atoms. The van der Waals surface area contributed by atoms with Gasteiger partial charge in [0.1, 0.15) is 0 Å². The summed E-state index contributed by atoms with van der Waals surface area (Å²) in [5, 5.41) is 3.01. The van der Waals surface area contributed by atoms with Gasteiger partial charge in [-0.2, -0.15) is 11.8 Å². The van der Waals surface area contributed by atoms with Gasteiger partial charge >= 0.3 is 0 Å². The summed E-state index contributed by atoms with van der Waals surface area (Å²) in [4.78, 5) is 12.1. The minimum absolute atomic E-state index is 0.0468. The van der Waals surface area contributed by atoms with Gasteiger partial charge in [0.25, 0.3) is 5.91 Å². The first-order valence-corrected chi connectivity index (χ1v) is 7.54. The predicted octanol–water partition coefficient (Wildman–Crippen LogP) is 2.45. The Morgan fingerprint density at radius 2 is 2.17 bits per heavy atom. The summed E-state index contributed by atoms with van der Waals surface area (Å²) in [7, 11) is 0. The summed E-state index contributed by atoms with van der Waals surface area (Å²) in [6.45, 7) is 2.74. The largest absolute Gasteiger partial charge is 0.398 e. The SMILES string of the molecule is Cc1ccc(N)c(C(=O)NCC2CCSCC2)c1. The van der Waals surface area contributed by atoms with Crippen molar-refractivity contribution in [2.75, 3.05) is 23.8 Å². The van der Waals surface area contributed by atoms with Crippen LogP contribution in [0.4, 0.5) is 5.69 Å². The summed E-state index contributed by atoms with van der Waals surface area (Å²) in [5.41, 5.74) is 8.04. The lowest BCUT2D eigenvalue weighted by atomic mass is 10.0. The van der Waals surface area contributed by atoms with Crippen LogP contribution in [0, 0.1) is 12.8 Å². The molecule has 3 nitrogen and oxygen atoms in total. The second-order valence-electron chi connectivity index (χ2n) is 4.86. The molecule has 1 aliphatic rings. The van der Waals surface area contributed by atoms with E-state index in [9.17, 15) is 4.79 Å². The van der Waals surface area contributed by atoms with E-state index in [2.05, 4.69) is 5.32 Å². The molecule has 3 N–H and O–H groups in total. The number of anilines is 1. The van der Waals surface area contributed by atoms with Gasteiger partial charge in [-0.1, -0.05) is 11.6 Å². The maximum Gasteiger partial charge on any atom is 0.253 e. The lowest BCUT2D eigenvalue weighted by Crippen LogP contribution is -2.31. The van der Waals surface area contributed by atoms with E-state index >= 15 is 0 Å². The average molecular weight is 264 g/mol. The molecular formula is C14H20N2OS. The zero-order valence-electron chi connectivity index (χ0n) is 10.7. The van der Waals surface area contributed by atoms with Crippen LogP contribution in [0.15, 0.2) is 18.2 Å². The van der Waals surface area contributed by atoms with Crippen molar-refractivity contribution in [2.45, 2.75) is 19.8 Å². The van der Waals surface area contributed by atoms with Gasteiger partial charge in [-0.3, -0.25) is 4.79 Å². The van der Waals surface area contributed by atoms with Gasteiger partial charge < -0.3 is 11.1 Å². The van der Waals surface area contributed by atoms with E-state index < -0.39 is 0 Å². The highest BCUT2D eigenvalue weighted by molar-refractivity contribution is 7.99. The quantitative estimate of drug-likeness (QED) is 0.825. The molecule has 0 atom stereocenters. The molecule has 2 rings (SSSR count). The fraction of sp³-hybridized carbons (Fsp3) is 0.500. The molecule has 1 aromatic carbocycles. The van der Waals surface area contributed by atoms with E-state index in [1.54, 1.807) is 6.07 Å². The zero-order chi connectivity index (χ0) is 13.0. The van der Waals surface area contributed by atoms with Crippen LogP contribution in [0.25, 0.3) is 0 Å². The summed E-state index contributed by atoms with van der Waals surface area (Å²) in [5.74, 6) is 3.01. The number of amides is 1. The lowest BCUT2D eigenvalue weighted by molar-refractivity contribution is 0.0947. The first kappa shape index (κ1) is 13.3. The Balaban J connectivity index is 1.92. The molecule has 1 saturated heterocycles. The van der Waals surface area contributed by atoms with Crippen LogP contribution in [0.5, 0.6) is 0 Å². The van der Waals surface area contributed by atoms with Crippen molar-refractivity contribution < 1.29 is 4.79 Å². The smallest absolute Gasteiger partial charge is 0.253 e. The fourth-order valence-electron chi connectivity index (χ4n) is 2.15. The van der Waals surface area contributed by atoms with E-state index in [1.807, 2.05) is 30.8 Å². The van der Waals surface area contributed by atoms with Crippen LogP contribution in [0.3, 0.4) is 0 Å². The van der Waals surface area contributed by atoms with Crippen molar-refractivity contribution in [3.05, 3.63) is 29.3 Å². The Hall–Kier alpha value is -1.16. The molecule has 1 aromatic rings. The number of aryl methyl sites for hydroxylation is 1. The monoisotopic (exact) mass is 264 g/mol. The van der Waals surface area contributed by atoms with E-state index in [0.717, 1.165) is 12.1 Å². The Kier molecular flexibility index (Phi) is 4.53. The highest BCUT2D eigenvalue weighted by Gasteiger charge is 2.16. The Morgan fingerprint density at radius 3 is 2.89 bits per heavy atom. The van der Waals surface area contributed by atoms with Crippen LogP contribution in [-0.2, 0) is 0 Å². The number of nitrogen functional groups attached to an aromatic ring is 1. The van der Waals surface area contributed by atoms with Gasteiger partial charge in [0.15, 0.2) is 0 Å². The second-order valence-corrected chi connectivity index (χ2v) is 6.08. The first-order chi connectivity index (χ1) is 8.66. The minimum atomic E-state index is -0.0468. The van der Waals surface area contributed by atoms with Crippen LogP contribution >= 0.6 is 11.8 Å². The van der Waals surface area contributed by atoms with Crippen LogP contribution in [0.2, 0.25) is 0 Å². The van der Waals surface area contributed by atoms with Gasteiger partial charge in [0.2, 0.25) is 0 Å². The number of thioether (sulfide) groups is 1. The number of rotatable bonds is 3. The number of hydrogen-bond donors (Lipinski definition) is 2. The molecule has 18 heavy (non-hydrogen) atoms. The van der Waals surface area contributed by atoms with Crippen molar-refractivity contribution in [3.63, 3.8) is 0 Å². The van der Waals surface area contributed by atoms with Gasteiger partial charge in [-0.05, 0) is 49.3 Å². The topological polar surface area (TPSA) is 55.1 Å². The van der Waals surface area contributed by atoms with Crippen molar-refractivity contribution in [1.82, 2.24) is 5.32 Å². The third-order valence-corrected chi connectivity index (χ3v) is 4.39. The normalized spacial score (nSPS) is 16.5. The van der Waals surface area contributed by atoms with E-state index in [4.69, 9.17) is 5.73 Å². The summed E-state index contributed by atoms with van der Waals surface area (Å²) < 4.78 is 0. The standard InChI is InChI=1S/C14H20N2OS/c1-10-2-3-13(15)12(8-10)14(17)16-9-11-4-6-18-7-5-11/h2-3,8,11H,4-7,9,15H2,1H3,(H,16,17). The molecule has 98 valence electrons. The number of benzene rings is 1. The van der Waals surface area contributed by atoms with Crippen molar-refractivity contribution in [2.24, 2.45) is 5.92 Å². The van der Waals surface area contributed by atoms with Crippen LogP contribution in [0.1, 0.15) is 28.8 Å². The van der Waals surface area contributed by atoms with Crippen molar-refractivity contribution in [3.8, 4) is 0 Å². The van der Waals surface area contributed by atoms with Gasteiger partial charge in [0, 0.05) is 12.2 Å². The molecule has 1 amide bonds. The van der Waals surface area contributed by atoms with Gasteiger partial charge in [-0.15, -0.1) is 0 Å². The number of carbonyl (C=O) groups is 1. The molecule has 4 heteroatoms. The molecule has 1 aliphatic heterocycles. The summed E-state index contributed by atoms with van der Waals surface area (Å²) in [6, 6.07) is 5.56. The van der Waals surface area contributed by atoms with Crippen molar-refractivity contribution >= 4 is 23.4 Å². The molecule has 0 radical (unpaired) electrons. The lowest BCUT2D eigenvalue weighted by Gasteiger charge is -2.21. The van der Waals surface area contributed by atoms with Crippen molar-refractivity contribution in [1.29, 1.82) is 0 Å². The van der Waals surface area contributed by atoms with E-state index in [0.29, 0.717) is 17.2 Å². The first-order valence-electron chi connectivity index (χ1n) is 6.39. The number of carbonyl (C=O) groups excluding carboxylic acids is 1. The number of nitrogens with one attached hydrogen (secondary N) is 1. The summed E-state index contributed by atoms with van der Waals surface area (Å²) in [6.07, 6.45) is 2.41. The Bertz CT molecular complexity index is 428. The highest BCUT2D eigenvalue weighted by atomic mass is 32.2. The van der Waals surface area contributed by atoms with E-state index in [-0.39, 0.29) is 5.91 Å². The third kappa shape index (κ3) is 3.42. The molecule has 0 bridgehead atoms. The molecule has 0 aromatic heterocycles. The highest BCUT2D eigenvalue weighted by Crippen LogP contribution is 2.22. The minimum Gasteiger partial charge on any atom is -0.398 e. The molecule has 0 aliphatic carbocycles. The average Bonchev–Trinajstić information content (AvgIpc) is 2.40. The molecule has 0 saturated carbocycles. The van der Waals surface area contributed by atoms with E-state index in [1.165, 1.54) is 24.3 Å². The summed E-state index contributed by atoms with van der Waals surface area (Å²) >= 11 is 2.00. The third-order valence-electron chi connectivity index (χ3n) is 3.35. The molecule has 1 heterocycles. The van der Waals surface area contributed by atoms with Crippen LogP contribution in [-0.4, -0.2) is 24.0 Å². The van der Waals surface area contributed by atoms with Gasteiger partial charge in [0.05, 0.1) is 5.56 Å². The molecular weight excluding hydrogens is 244 g/mol. The van der Waals surface area contributed by atoms with Gasteiger partial charge in [-0.25, -0.2) is 0 Å². The Labute approximate surface area is 113 Å². The fourth-order valence-corrected chi connectivity index (χ4v) is 3.35. The molecule has 0 unspecified atom stereocenters. The Morgan fingerprint density at radius 1 is 1.44 bits per heavy atom. The maximum atomic E-state index is 12.1. The maximum absolute atomic E-state index is 12.1. The second kappa shape index (κ2) is 6.14. The predicted molar refractivity (Wildman–Crippen MR) is 78.0 cm³/mol. The van der Waals surface area contributed by atoms with Crippen LogP contribution < -0.4 is 11.1 Å². The zero-order valence-corrected chi connectivity index (χ0v) is 11.6. The molecule has 1 fully saturated rings.